The van der Waals surface area contributed by atoms with Gasteiger partial charge >= 0.3 is 0 Å². The van der Waals surface area contributed by atoms with Crippen LogP contribution in [0.2, 0.25) is 0 Å². The molecule has 1 atom stereocenters. The number of thiophene rings is 1. The Morgan fingerprint density at radius 3 is 3.17 bits per heavy atom. The Bertz CT molecular complexity index is 258. The van der Waals surface area contributed by atoms with Crippen molar-refractivity contribution in [2.45, 2.75) is 12.3 Å². The third kappa shape index (κ3) is 1.37. The first kappa shape index (κ1) is 7.80. The minimum absolute atomic E-state index is 0.593. The quantitative estimate of drug-likeness (QED) is 0.636. The number of carbonyl (C=O) groups is 1. The first-order valence-corrected chi connectivity index (χ1v) is 5.01. The van der Waals surface area contributed by atoms with Gasteiger partial charge in [0.1, 0.15) is 0 Å². The molecule has 3 heteroatoms. The number of hydrogen-bond donors (Lipinski definition) is 0. The van der Waals surface area contributed by atoms with Gasteiger partial charge in [-0.25, -0.2) is 0 Å². The van der Waals surface area contributed by atoms with Crippen molar-refractivity contribution >= 4 is 17.7 Å². The Morgan fingerprint density at radius 2 is 2.58 bits per heavy atom. The van der Waals surface area contributed by atoms with Gasteiger partial charge in [0.25, 0.3) is 0 Å². The smallest absolute Gasteiger partial charge is 0.209 e. The van der Waals surface area contributed by atoms with Gasteiger partial charge in [-0.2, -0.15) is 0 Å². The van der Waals surface area contributed by atoms with Gasteiger partial charge in [0.2, 0.25) is 6.41 Å². The molecule has 0 N–H and O–H groups in total. The molecule has 1 amide bonds. The summed E-state index contributed by atoms with van der Waals surface area (Å²) in [4.78, 5) is 13.7. The Morgan fingerprint density at radius 1 is 1.67 bits per heavy atom. The molecule has 64 valence electrons. The van der Waals surface area contributed by atoms with Gasteiger partial charge in [-0.05, 0) is 17.9 Å². The molecule has 1 aliphatic heterocycles. The standard InChI is InChI=1S/C9H11NOS/c11-7-10-4-3-8(6-10)9-2-1-5-12-9/h1-2,5,7-8H,3-4,6H2. The molecule has 0 radical (unpaired) electrons. The van der Waals surface area contributed by atoms with E-state index < -0.39 is 0 Å². The first-order chi connectivity index (χ1) is 5.90. The molecule has 1 fully saturated rings. The highest BCUT2D eigenvalue weighted by Crippen LogP contribution is 2.29. The maximum absolute atomic E-state index is 10.5. The molecule has 12 heavy (non-hydrogen) atoms. The highest BCUT2D eigenvalue weighted by molar-refractivity contribution is 7.10. The van der Waals surface area contributed by atoms with Crippen molar-refractivity contribution in [1.82, 2.24) is 4.90 Å². The summed E-state index contributed by atoms with van der Waals surface area (Å²) in [6.07, 6.45) is 2.08. The summed E-state index contributed by atoms with van der Waals surface area (Å²) in [5.41, 5.74) is 0. The Hall–Kier alpha value is -0.830. The minimum atomic E-state index is 0.593. The number of carbonyl (C=O) groups excluding carboxylic acids is 1. The summed E-state index contributed by atoms with van der Waals surface area (Å²) < 4.78 is 0. The molecular weight excluding hydrogens is 170 g/mol. The second kappa shape index (κ2) is 3.27. The van der Waals surface area contributed by atoms with E-state index in [-0.39, 0.29) is 0 Å². The lowest BCUT2D eigenvalue weighted by atomic mass is 10.1. The molecular formula is C9H11NOS. The van der Waals surface area contributed by atoms with Crippen molar-refractivity contribution in [3.63, 3.8) is 0 Å². The van der Waals surface area contributed by atoms with Gasteiger partial charge in [0, 0.05) is 23.9 Å². The van der Waals surface area contributed by atoms with Crippen LogP contribution in [0, 0.1) is 0 Å². The largest absolute Gasteiger partial charge is 0.345 e. The highest BCUT2D eigenvalue weighted by Gasteiger charge is 2.22. The summed E-state index contributed by atoms with van der Waals surface area (Å²) in [5, 5.41) is 2.10. The lowest BCUT2D eigenvalue weighted by molar-refractivity contribution is -0.117. The highest BCUT2D eigenvalue weighted by atomic mass is 32.1. The fourth-order valence-corrected chi connectivity index (χ4v) is 2.50. The topological polar surface area (TPSA) is 20.3 Å². The maximum atomic E-state index is 10.5. The third-order valence-corrected chi connectivity index (χ3v) is 3.35. The average molecular weight is 181 g/mol. The maximum Gasteiger partial charge on any atom is 0.209 e. The van der Waals surface area contributed by atoms with Crippen molar-refractivity contribution in [1.29, 1.82) is 0 Å². The predicted molar refractivity (Wildman–Crippen MR) is 49.3 cm³/mol. The molecule has 0 spiro atoms. The van der Waals surface area contributed by atoms with E-state index >= 15 is 0 Å². The number of hydrogen-bond acceptors (Lipinski definition) is 2. The van der Waals surface area contributed by atoms with Crippen molar-refractivity contribution in [3.8, 4) is 0 Å². The van der Waals surface area contributed by atoms with E-state index in [4.69, 9.17) is 0 Å². The summed E-state index contributed by atoms with van der Waals surface area (Å²) in [7, 11) is 0. The lowest BCUT2D eigenvalue weighted by Crippen LogP contribution is -2.17. The van der Waals surface area contributed by atoms with Crippen molar-refractivity contribution in [2.24, 2.45) is 0 Å². The molecule has 0 saturated carbocycles. The van der Waals surface area contributed by atoms with Crippen LogP contribution >= 0.6 is 11.3 Å². The number of likely N-dealkylation sites (tertiary alicyclic amines) is 1. The number of nitrogens with zero attached hydrogens (tertiary/aromatic N) is 1. The van der Waals surface area contributed by atoms with Crippen LogP contribution in [0.5, 0.6) is 0 Å². The summed E-state index contributed by atoms with van der Waals surface area (Å²) in [6, 6.07) is 4.23. The van der Waals surface area contributed by atoms with Crippen LogP contribution in [0.15, 0.2) is 17.5 Å². The van der Waals surface area contributed by atoms with E-state index in [1.807, 2.05) is 4.90 Å². The fourth-order valence-electron chi connectivity index (χ4n) is 1.64. The van der Waals surface area contributed by atoms with Gasteiger partial charge in [-0.1, -0.05) is 6.07 Å². The Labute approximate surface area is 75.8 Å². The van der Waals surface area contributed by atoms with Crippen LogP contribution in [0.3, 0.4) is 0 Å². The van der Waals surface area contributed by atoms with Crippen LogP contribution in [0.4, 0.5) is 0 Å². The van der Waals surface area contributed by atoms with E-state index in [1.165, 1.54) is 4.88 Å². The lowest BCUT2D eigenvalue weighted by Gasteiger charge is -2.07. The summed E-state index contributed by atoms with van der Waals surface area (Å²) in [5.74, 6) is 0.593. The molecule has 0 aromatic carbocycles. The molecule has 0 aliphatic carbocycles. The van der Waals surface area contributed by atoms with E-state index in [0.29, 0.717) is 5.92 Å². The second-order valence-corrected chi connectivity index (χ2v) is 4.08. The van der Waals surface area contributed by atoms with E-state index in [9.17, 15) is 4.79 Å². The summed E-state index contributed by atoms with van der Waals surface area (Å²) in [6.45, 7) is 1.83. The van der Waals surface area contributed by atoms with Gasteiger partial charge < -0.3 is 4.90 Å². The molecule has 1 aromatic rings. The van der Waals surface area contributed by atoms with Gasteiger partial charge in [-0.15, -0.1) is 11.3 Å². The average Bonchev–Trinajstić information content (AvgIpc) is 2.75. The SMILES string of the molecule is O=CN1CCC(c2cccs2)C1. The molecule has 1 unspecified atom stereocenters. The fraction of sp³-hybridized carbons (Fsp3) is 0.444. The molecule has 0 bridgehead atoms. The summed E-state index contributed by atoms with van der Waals surface area (Å²) >= 11 is 1.79. The van der Waals surface area contributed by atoms with Crippen LogP contribution in [0.25, 0.3) is 0 Å². The Kier molecular flexibility index (Phi) is 2.13. The number of amides is 1. The van der Waals surface area contributed by atoms with E-state index in [2.05, 4.69) is 17.5 Å². The van der Waals surface area contributed by atoms with Gasteiger partial charge in [0.05, 0.1) is 0 Å². The Balaban J connectivity index is 2.04. The zero-order chi connectivity index (χ0) is 8.39. The van der Waals surface area contributed by atoms with Crippen molar-refractivity contribution in [3.05, 3.63) is 22.4 Å². The second-order valence-electron chi connectivity index (χ2n) is 3.10. The van der Waals surface area contributed by atoms with Crippen LogP contribution in [-0.4, -0.2) is 24.4 Å². The molecule has 1 aromatic heterocycles. The van der Waals surface area contributed by atoms with Gasteiger partial charge in [-0.3, -0.25) is 4.79 Å². The van der Waals surface area contributed by atoms with Crippen LogP contribution in [0.1, 0.15) is 17.2 Å². The predicted octanol–water partition coefficient (Wildman–Crippen LogP) is 1.69. The normalized spacial score (nSPS) is 23.0. The molecule has 1 aliphatic rings. The molecule has 1 saturated heterocycles. The molecule has 2 nitrogen and oxygen atoms in total. The third-order valence-electron chi connectivity index (χ3n) is 2.31. The van der Waals surface area contributed by atoms with Crippen molar-refractivity contribution < 1.29 is 4.79 Å². The zero-order valence-corrected chi connectivity index (χ0v) is 7.59. The monoisotopic (exact) mass is 181 g/mol. The minimum Gasteiger partial charge on any atom is -0.345 e. The molecule has 2 heterocycles. The molecule has 2 rings (SSSR count). The zero-order valence-electron chi connectivity index (χ0n) is 6.77. The van der Waals surface area contributed by atoms with Crippen LogP contribution < -0.4 is 0 Å². The van der Waals surface area contributed by atoms with Gasteiger partial charge in [0.15, 0.2) is 0 Å². The van der Waals surface area contributed by atoms with Crippen molar-refractivity contribution in [2.75, 3.05) is 13.1 Å². The van der Waals surface area contributed by atoms with E-state index in [0.717, 1.165) is 25.9 Å². The van der Waals surface area contributed by atoms with Crippen LogP contribution in [-0.2, 0) is 4.79 Å². The first-order valence-electron chi connectivity index (χ1n) is 4.13. The van der Waals surface area contributed by atoms with E-state index in [1.54, 1.807) is 11.3 Å². The number of rotatable bonds is 2.